The van der Waals surface area contributed by atoms with E-state index in [0.29, 0.717) is 12.4 Å². The third-order valence-corrected chi connectivity index (χ3v) is 2.98. The molecule has 0 aromatic heterocycles. The van der Waals surface area contributed by atoms with Crippen LogP contribution in [0.3, 0.4) is 0 Å². The Morgan fingerprint density at radius 2 is 2.05 bits per heavy atom. The van der Waals surface area contributed by atoms with Gasteiger partial charge in [-0.3, -0.25) is 10.1 Å². The molecule has 6 heteroatoms. The molecule has 0 amide bonds. The molecule has 0 aliphatic rings. The van der Waals surface area contributed by atoms with Crippen LogP contribution in [0.2, 0.25) is 0 Å². The summed E-state index contributed by atoms with van der Waals surface area (Å²) in [5.41, 5.74) is 6.44. The van der Waals surface area contributed by atoms with Gasteiger partial charge in [0, 0.05) is 10.5 Å². The van der Waals surface area contributed by atoms with Gasteiger partial charge >= 0.3 is 0 Å². The lowest BCUT2D eigenvalue weighted by Gasteiger charge is -2.07. The standard InChI is InChI=1S/C13H11BrN2O3/c14-10-2-1-3-11(7-10)19-8-9-4-5-13(16(17)18)12(15)6-9/h1-7H,8,15H2. The van der Waals surface area contributed by atoms with Crippen molar-refractivity contribution in [2.75, 3.05) is 5.73 Å². The van der Waals surface area contributed by atoms with E-state index in [4.69, 9.17) is 10.5 Å². The second-order valence-corrected chi connectivity index (χ2v) is 4.81. The first-order valence-electron chi connectivity index (χ1n) is 5.47. The fourth-order valence-electron chi connectivity index (χ4n) is 1.58. The maximum Gasteiger partial charge on any atom is 0.292 e. The van der Waals surface area contributed by atoms with Gasteiger partial charge in [0.25, 0.3) is 5.69 Å². The van der Waals surface area contributed by atoms with E-state index in [1.807, 2.05) is 24.3 Å². The quantitative estimate of drug-likeness (QED) is 0.530. The Balaban J connectivity index is 2.08. The van der Waals surface area contributed by atoms with E-state index in [-0.39, 0.29) is 11.4 Å². The van der Waals surface area contributed by atoms with Gasteiger partial charge in [-0.2, -0.15) is 0 Å². The molecule has 0 aliphatic carbocycles. The summed E-state index contributed by atoms with van der Waals surface area (Å²) >= 11 is 3.35. The Hall–Kier alpha value is -2.08. The maximum absolute atomic E-state index is 10.6. The zero-order valence-corrected chi connectivity index (χ0v) is 11.5. The van der Waals surface area contributed by atoms with Crippen LogP contribution in [-0.2, 0) is 6.61 Å². The van der Waals surface area contributed by atoms with Gasteiger partial charge in [0.1, 0.15) is 18.0 Å². The second kappa shape index (κ2) is 5.71. The second-order valence-electron chi connectivity index (χ2n) is 3.90. The van der Waals surface area contributed by atoms with Crippen LogP contribution in [0.5, 0.6) is 5.75 Å². The highest BCUT2D eigenvalue weighted by atomic mass is 79.9. The summed E-state index contributed by atoms with van der Waals surface area (Å²) < 4.78 is 6.50. The molecule has 98 valence electrons. The molecule has 0 unspecified atom stereocenters. The van der Waals surface area contributed by atoms with Crippen LogP contribution in [0.25, 0.3) is 0 Å². The van der Waals surface area contributed by atoms with Crippen molar-refractivity contribution in [3.8, 4) is 5.75 Å². The van der Waals surface area contributed by atoms with E-state index in [9.17, 15) is 10.1 Å². The highest BCUT2D eigenvalue weighted by Crippen LogP contribution is 2.23. The van der Waals surface area contributed by atoms with Crippen molar-refractivity contribution in [1.29, 1.82) is 0 Å². The predicted molar refractivity (Wildman–Crippen MR) is 76.0 cm³/mol. The first kappa shape index (κ1) is 13.4. The summed E-state index contributed by atoms with van der Waals surface area (Å²) in [6, 6.07) is 12.0. The number of rotatable bonds is 4. The van der Waals surface area contributed by atoms with Crippen molar-refractivity contribution >= 4 is 27.3 Å². The molecule has 2 aromatic rings. The van der Waals surface area contributed by atoms with Crippen LogP contribution in [0, 0.1) is 10.1 Å². The number of nitrogen functional groups attached to an aromatic ring is 1. The Bertz CT molecular complexity index is 617. The number of anilines is 1. The van der Waals surface area contributed by atoms with Crippen molar-refractivity contribution in [3.63, 3.8) is 0 Å². The van der Waals surface area contributed by atoms with Gasteiger partial charge in [0.2, 0.25) is 0 Å². The molecule has 2 rings (SSSR count). The summed E-state index contributed by atoms with van der Waals surface area (Å²) in [6.07, 6.45) is 0. The Labute approximate surface area is 118 Å². The van der Waals surface area contributed by atoms with Crippen molar-refractivity contribution < 1.29 is 9.66 Å². The highest BCUT2D eigenvalue weighted by molar-refractivity contribution is 9.10. The van der Waals surface area contributed by atoms with Gasteiger partial charge in [-0.25, -0.2) is 0 Å². The molecule has 19 heavy (non-hydrogen) atoms. The van der Waals surface area contributed by atoms with Gasteiger partial charge in [-0.1, -0.05) is 22.0 Å². The minimum Gasteiger partial charge on any atom is -0.489 e. The van der Waals surface area contributed by atoms with Gasteiger partial charge in [0.15, 0.2) is 0 Å². The number of ether oxygens (including phenoxy) is 1. The largest absolute Gasteiger partial charge is 0.489 e. The lowest BCUT2D eigenvalue weighted by atomic mass is 10.2. The zero-order chi connectivity index (χ0) is 13.8. The number of benzene rings is 2. The van der Waals surface area contributed by atoms with Crippen LogP contribution >= 0.6 is 15.9 Å². The summed E-state index contributed by atoms with van der Waals surface area (Å²) in [4.78, 5) is 10.1. The normalized spacial score (nSPS) is 10.2. The van der Waals surface area contributed by atoms with Crippen LogP contribution < -0.4 is 10.5 Å². The van der Waals surface area contributed by atoms with E-state index in [0.717, 1.165) is 10.0 Å². The lowest BCUT2D eigenvalue weighted by Crippen LogP contribution is -2.00. The van der Waals surface area contributed by atoms with Crippen molar-refractivity contribution in [2.45, 2.75) is 6.61 Å². The first-order chi connectivity index (χ1) is 9.06. The highest BCUT2D eigenvalue weighted by Gasteiger charge is 2.11. The fourth-order valence-corrected chi connectivity index (χ4v) is 1.96. The molecule has 0 bridgehead atoms. The van der Waals surface area contributed by atoms with Crippen molar-refractivity contribution in [1.82, 2.24) is 0 Å². The zero-order valence-electron chi connectivity index (χ0n) is 9.88. The molecule has 0 spiro atoms. The third-order valence-electron chi connectivity index (χ3n) is 2.49. The SMILES string of the molecule is Nc1cc(COc2cccc(Br)c2)ccc1[N+](=O)[O-]. The van der Waals surface area contributed by atoms with Gasteiger partial charge in [-0.05, 0) is 35.9 Å². The number of halogens is 1. The minimum atomic E-state index is -0.506. The van der Waals surface area contributed by atoms with Crippen LogP contribution in [0.4, 0.5) is 11.4 Å². The van der Waals surface area contributed by atoms with Crippen LogP contribution in [0.15, 0.2) is 46.9 Å². The third kappa shape index (κ3) is 3.45. The molecule has 5 nitrogen and oxygen atoms in total. The maximum atomic E-state index is 10.6. The van der Waals surface area contributed by atoms with E-state index < -0.39 is 4.92 Å². The molecule has 0 heterocycles. The molecule has 2 N–H and O–H groups in total. The lowest BCUT2D eigenvalue weighted by molar-refractivity contribution is -0.383. The Morgan fingerprint density at radius 3 is 2.68 bits per heavy atom. The topological polar surface area (TPSA) is 78.4 Å². The molecule has 0 fully saturated rings. The summed E-state index contributed by atoms with van der Waals surface area (Å²) in [5, 5.41) is 10.6. The Kier molecular flexibility index (Phi) is 4.01. The molecule has 0 saturated carbocycles. The van der Waals surface area contributed by atoms with Gasteiger partial charge < -0.3 is 10.5 Å². The number of nitrogens with zero attached hydrogens (tertiary/aromatic N) is 1. The molecule has 2 aromatic carbocycles. The monoisotopic (exact) mass is 322 g/mol. The number of nitrogens with two attached hydrogens (primary N) is 1. The first-order valence-corrected chi connectivity index (χ1v) is 6.27. The molecular formula is C13H11BrN2O3. The molecular weight excluding hydrogens is 312 g/mol. The van der Waals surface area contributed by atoms with E-state index in [2.05, 4.69) is 15.9 Å². The molecule has 0 saturated heterocycles. The number of nitro benzene ring substituents is 1. The van der Waals surface area contributed by atoms with Crippen molar-refractivity contribution in [2.24, 2.45) is 0 Å². The summed E-state index contributed by atoms with van der Waals surface area (Å²) in [5.74, 6) is 0.714. The summed E-state index contributed by atoms with van der Waals surface area (Å²) in [7, 11) is 0. The van der Waals surface area contributed by atoms with E-state index >= 15 is 0 Å². The van der Waals surface area contributed by atoms with Crippen LogP contribution in [0.1, 0.15) is 5.56 Å². The predicted octanol–water partition coefficient (Wildman–Crippen LogP) is 3.52. The number of hydrogen-bond acceptors (Lipinski definition) is 4. The van der Waals surface area contributed by atoms with Gasteiger partial charge in [-0.15, -0.1) is 0 Å². The van der Waals surface area contributed by atoms with Crippen molar-refractivity contribution in [3.05, 3.63) is 62.6 Å². The van der Waals surface area contributed by atoms with Crippen LogP contribution in [-0.4, -0.2) is 4.92 Å². The van der Waals surface area contributed by atoms with Gasteiger partial charge in [0.05, 0.1) is 4.92 Å². The average molecular weight is 323 g/mol. The molecule has 0 atom stereocenters. The molecule has 0 aliphatic heterocycles. The number of nitro groups is 1. The molecule has 0 radical (unpaired) electrons. The smallest absolute Gasteiger partial charge is 0.292 e. The minimum absolute atomic E-state index is 0.0915. The Morgan fingerprint density at radius 1 is 1.26 bits per heavy atom. The van der Waals surface area contributed by atoms with E-state index in [1.165, 1.54) is 6.07 Å². The fraction of sp³-hybridized carbons (Fsp3) is 0.0769. The number of hydrogen-bond donors (Lipinski definition) is 1. The summed E-state index contributed by atoms with van der Waals surface area (Å²) in [6.45, 7) is 0.304. The average Bonchev–Trinajstić information content (AvgIpc) is 2.36. The van der Waals surface area contributed by atoms with E-state index in [1.54, 1.807) is 12.1 Å².